The Morgan fingerprint density at radius 1 is 0.949 bits per heavy atom. The highest BCUT2D eigenvalue weighted by Gasteiger charge is 2.55. The fourth-order valence-corrected chi connectivity index (χ4v) is 14.4. The molecule has 0 radical (unpaired) electrons. The maximum Gasteiger partial charge on any atom is 0.324 e. The van der Waals surface area contributed by atoms with Crippen LogP contribution in [0.25, 0.3) is 33.3 Å². The van der Waals surface area contributed by atoms with Gasteiger partial charge in [0.25, 0.3) is 5.91 Å². The summed E-state index contributed by atoms with van der Waals surface area (Å²) >= 11 is 0. The van der Waals surface area contributed by atoms with Crippen LogP contribution in [0, 0.1) is 22.7 Å². The Labute approximate surface area is 466 Å². The number of likely N-dealkylation sites (tertiary alicyclic amines) is 2. The molecule has 79 heavy (non-hydrogen) atoms. The van der Waals surface area contributed by atoms with Gasteiger partial charge in [-0.2, -0.15) is 0 Å². The quantitative estimate of drug-likeness (QED) is 0.119. The first-order valence-corrected chi connectivity index (χ1v) is 29.8. The number of methoxy groups -OCH3 is 1. The van der Waals surface area contributed by atoms with Crippen LogP contribution in [0.3, 0.4) is 0 Å². The molecule has 12 rings (SSSR count). The zero-order valence-electron chi connectivity index (χ0n) is 47.7. The van der Waals surface area contributed by atoms with E-state index in [9.17, 15) is 14.4 Å². The highest BCUT2D eigenvalue weighted by molar-refractivity contribution is 5.96. The molecule has 8 aliphatic rings. The number of carbonyl (C=O) groups is 4. The number of anilines is 1. The topological polar surface area (TPSA) is 176 Å². The Morgan fingerprint density at radius 3 is 2.57 bits per heavy atom. The highest BCUT2D eigenvalue weighted by Crippen LogP contribution is 2.46. The van der Waals surface area contributed by atoms with Crippen molar-refractivity contribution in [3.8, 4) is 22.4 Å². The maximum atomic E-state index is 15.0. The Morgan fingerprint density at radius 2 is 1.77 bits per heavy atom. The molecule has 4 aromatic rings. The lowest BCUT2D eigenvalue weighted by molar-refractivity contribution is -0.155. The first-order chi connectivity index (χ1) is 38.1. The average Bonchev–Trinajstić information content (AvgIpc) is 4.38. The Hall–Kier alpha value is -5.43. The normalized spacial score (nSPS) is 28.5. The molecule has 7 aliphatic heterocycles. The Balaban J connectivity index is 0.875. The van der Waals surface area contributed by atoms with Crippen molar-refractivity contribution in [2.75, 3.05) is 90.7 Å². The van der Waals surface area contributed by atoms with Crippen LogP contribution in [0.2, 0.25) is 0 Å². The molecule has 17 nitrogen and oxygen atoms in total. The largest absolute Gasteiger partial charge is 0.464 e. The monoisotopic (exact) mass is 1080 g/mol. The van der Waals surface area contributed by atoms with Gasteiger partial charge >= 0.3 is 5.97 Å². The lowest BCUT2D eigenvalue weighted by Crippen LogP contribution is -2.62. The predicted molar refractivity (Wildman–Crippen MR) is 304 cm³/mol. The van der Waals surface area contributed by atoms with Gasteiger partial charge in [0.2, 0.25) is 11.8 Å². The van der Waals surface area contributed by atoms with Gasteiger partial charge in [0, 0.05) is 106 Å². The number of rotatable bonds is 11. The molecule has 1 aliphatic carbocycles. The molecule has 2 aromatic carbocycles. The number of cyclic esters (lactones) is 1. The van der Waals surface area contributed by atoms with E-state index in [2.05, 4.69) is 118 Å². The van der Waals surface area contributed by atoms with Crippen molar-refractivity contribution < 1.29 is 33.4 Å². The SMILES string of the molecule is CCn1c(-c2cc(N3CCN4CCOC[C@@H]4C3)cnc2[C@H](C)OC)c2c3cc(ccc31)-c1cccc(c1)C[C@H](NC(=O)[C@H](C(C)C)N1CC[C@]3(CCN(C(=O)C4N[C@@H]4C4CC4)C3)C1)C(=O)N1CCC[C@H](N1)C(=O)OCC(C)(C)C2. The van der Waals surface area contributed by atoms with Crippen molar-refractivity contribution in [1.29, 1.82) is 0 Å². The molecule has 2 aromatic heterocycles. The zero-order chi connectivity index (χ0) is 54.9. The van der Waals surface area contributed by atoms with E-state index in [0.29, 0.717) is 50.4 Å². The average molecular weight is 1080 g/mol. The number of hydrogen-bond donors (Lipinski definition) is 3. The molecule has 3 N–H and O–H groups in total. The summed E-state index contributed by atoms with van der Waals surface area (Å²) in [6.45, 7) is 22.1. The van der Waals surface area contributed by atoms with Crippen molar-refractivity contribution in [3.63, 3.8) is 0 Å². The van der Waals surface area contributed by atoms with Crippen molar-refractivity contribution >= 4 is 40.3 Å². The summed E-state index contributed by atoms with van der Waals surface area (Å²) in [5.41, 5.74) is 12.0. The van der Waals surface area contributed by atoms with Gasteiger partial charge in [-0.15, -0.1) is 0 Å². The van der Waals surface area contributed by atoms with Crippen molar-refractivity contribution in [2.45, 2.75) is 142 Å². The number of fused-ring (bicyclic) bond motifs is 7. The minimum absolute atomic E-state index is 0.0349. The van der Waals surface area contributed by atoms with Crippen LogP contribution in [0.1, 0.15) is 103 Å². The zero-order valence-corrected chi connectivity index (χ0v) is 47.7. The highest BCUT2D eigenvalue weighted by atomic mass is 16.5. The van der Waals surface area contributed by atoms with Gasteiger partial charge in [0.1, 0.15) is 18.1 Å². The molecule has 9 heterocycles. The third-order valence-electron chi connectivity index (χ3n) is 19.0. The number of nitrogens with one attached hydrogen (secondary N) is 3. The third-order valence-corrected chi connectivity index (χ3v) is 19.0. The molecular formula is C62H84N10O7. The number of hydrogen-bond acceptors (Lipinski definition) is 13. The fraction of sp³-hybridized carbons (Fsp3) is 0.629. The van der Waals surface area contributed by atoms with Crippen molar-refractivity contribution in [1.82, 2.24) is 45.3 Å². The van der Waals surface area contributed by atoms with Gasteiger partial charge in [0.15, 0.2) is 0 Å². The maximum absolute atomic E-state index is 15.0. The molecule has 424 valence electrons. The summed E-state index contributed by atoms with van der Waals surface area (Å²) in [5.74, 6) is -0.0137. The predicted octanol–water partition coefficient (Wildman–Crippen LogP) is 5.97. The number of hydrazine groups is 1. The second-order valence-corrected chi connectivity index (χ2v) is 25.7. The lowest BCUT2D eigenvalue weighted by atomic mass is 9.84. The Bertz CT molecular complexity index is 2970. The summed E-state index contributed by atoms with van der Waals surface area (Å²) in [6.07, 6.45) is 7.97. The second kappa shape index (κ2) is 21.8. The molecule has 8 atom stereocenters. The number of piperazine rings is 1. The number of ether oxygens (including phenoxy) is 3. The number of benzene rings is 2. The van der Waals surface area contributed by atoms with Crippen LogP contribution in [0.15, 0.2) is 54.7 Å². The van der Waals surface area contributed by atoms with E-state index in [1.165, 1.54) is 12.8 Å². The van der Waals surface area contributed by atoms with E-state index in [0.717, 1.165) is 134 Å². The van der Waals surface area contributed by atoms with E-state index in [1.54, 1.807) is 12.1 Å². The molecule has 1 spiro atoms. The van der Waals surface area contributed by atoms with Gasteiger partial charge < -0.3 is 33.9 Å². The number of pyridine rings is 1. The standard InChI is InChI=1S/C62H84N10O7/c1-8-71-51-17-16-43-29-46(51)48(56(71)47-30-44(32-63-52(47)39(4)77-7)68-24-23-67-25-26-78-34-45(67)33-68)31-61(5,6)37-79-60(76)49-13-10-20-72(66-49)58(74)50(28-40-11-9-12-42(43)27-40)64-57(73)55(38(2)3)69-21-18-62(35-69)19-22-70(36-62)59(75)54-53(65-54)41-14-15-41/h9,11-12,16-17,27,29-30,32,38-39,41,45,49-50,53-55,65-66H,8,10,13-15,18-26,28,31,33-37H2,1-7H3,(H,64,73)/t39-,45-,49-,50-,53+,54?,55-,62-/m0/s1. The van der Waals surface area contributed by atoms with Crippen LogP contribution < -0.4 is 21.0 Å². The number of nitrogens with zero attached hydrogens (tertiary/aromatic N) is 7. The molecule has 17 heteroatoms. The third kappa shape index (κ3) is 10.8. The van der Waals surface area contributed by atoms with Crippen LogP contribution in [0.4, 0.5) is 5.69 Å². The molecule has 3 amide bonds. The van der Waals surface area contributed by atoms with Gasteiger partial charge in [-0.05, 0) is 118 Å². The van der Waals surface area contributed by atoms with E-state index in [1.807, 2.05) is 18.3 Å². The minimum Gasteiger partial charge on any atom is -0.464 e. The fourth-order valence-electron chi connectivity index (χ4n) is 14.4. The van der Waals surface area contributed by atoms with Gasteiger partial charge in [-0.1, -0.05) is 58.0 Å². The number of morpholine rings is 1. The second-order valence-electron chi connectivity index (χ2n) is 25.7. The van der Waals surface area contributed by atoms with Crippen LogP contribution in [-0.4, -0.2) is 175 Å². The number of aryl methyl sites for hydroxylation is 1. The van der Waals surface area contributed by atoms with Crippen LogP contribution in [-0.2, 0) is 52.8 Å². The summed E-state index contributed by atoms with van der Waals surface area (Å²) in [6, 6.07) is 15.9. The summed E-state index contributed by atoms with van der Waals surface area (Å²) < 4.78 is 20.7. The first-order valence-electron chi connectivity index (χ1n) is 29.8. The van der Waals surface area contributed by atoms with Crippen LogP contribution >= 0.6 is 0 Å². The van der Waals surface area contributed by atoms with E-state index in [4.69, 9.17) is 19.2 Å². The number of carbonyl (C=O) groups excluding carboxylic acids is 4. The van der Waals surface area contributed by atoms with E-state index < -0.39 is 29.5 Å². The number of aromatic nitrogens is 2. The molecule has 1 unspecified atom stereocenters. The van der Waals surface area contributed by atoms with Gasteiger partial charge in [0.05, 0.1) is 61.3 Å². The van der Waals surface area contributed by atoms with Crippen molar-refractivity contribution in [2.24, 2.45) is 22.7 Å². The van der Waals surface area contributed by atoms with Crippen molar-refractivity contribution in [3.05, 3.63) is 71.5 Å². The minimum atomic E-state index is -0.922. The van der Waals surface area contributed by atoms with Crippen LogP contribution in [0.5, 0.6) is 0 Å². The molecule has 7 fully saturated rings. The van der Waals surface area contributed by atoms with E-state index in [-0.39, 0.29) is 54.2 Å². The first kappa shape index (κ1) is 54.2. The Kier molecular flexibility index (Phi) is 15.0. The molecule has 1 saturated carbocycles. The summed E-state index contributed by atoms with van der Waals surface area (Å²) in [5, 5.41) is 9.42. The summed E-state index contributed by atoms with van der Waals surface area (Å²) in [7, 11) is 1.74. The van der Waals surface area contributed by atoms with Gasteiger partial charge in [-0.3, -0.25) is 44.3 Å². The number of esters is 1. The molecule has 6 saturated heterocycles. The van der Waals surface area contributed by atoms with E-state index >= 15 is 4.79 Å². The summed E-state index contributed by atoms with van der Waals surface area (Å²) in [4.78, 5) is 72.5. The smallest absolute Gasteiger partial charge is 0.324 e. The lowest BCUT2D eigenvalue weighted by Gasteiger charge is -2.44. The number of amides is 3. The molecule has 6 bridgehead atoms. The van der Waals surface area contributed by atoms with Gasteiger partial charge in [-0.25, -0.2) is 5.43 Å². The molecular weight excluding hydrogens is 997 g/mol.